The van der Waals surface area contributed by atoms with Crippen molar-refractivity contribution in [2.75, 3.05) is 13.2 Å². The number of unbranched alkanes of at least 4 members (excludes halogenated alkanes) is 40. The summed E-state index contributed by atoms with van der Waals surface area (Å²) < 4.78 is 16.8. The summed E-state index contributed by atoms with van der Waals surface area (Å²) in [5, 5.41) is 0. The fraction of sp³-hybridized carbons (Fsp3) is 0.836. The Bertz CT molecular complexity index is 1270. The van der Waals surface area contributed by atoms with Crippen LogP contribution in [0.15, 0.2) is 48.6 Å². The van der Waals surface area contributed by atoms with Crippen molar-refractivity contribution in [3.8, 4) is 0 Å². The van der Waals surface area contributed by atoms with E-state index in [0.717, 1.165) is 89.9 Å². The van der Waals surface area contributed by atoms with Crippen molar-refractivity contribution in [1.82, 2.24) is 0 Å². The van der Waals surface area contributed by atoms with E-state index in [0.29, 0.717) is 19.3 Å². The first-order chi connectivity index (χ1) is 36.0. The maximum absolute atomic E-state index is 12.8. The predicted molar refractivity (Wildman–Crippen MR) is 316 cm³/mol. The Morgan fingerprint density at radius 1 is 0.274 bits per heavy atom. The zero-order chi connectivity index (χ0) is 52.9. The SMILES string of the molecule is CCCC/C=C\C/C=C\CCCCCCCC(=O)OC(COC(=O)CCCCCCCC)COC(=O)CCCCCCCCCCCCCCCCCCCCCCCCC/C=C\C/C=C\CCCCCCC. The Labute approximate surface area is 454 Å². The van der Waals surface area contributed by atoms with Crippen molar-refractivity contribution in [1.29, 1.82) is 0 Å². The van der Waals surface area contributed by atoms with Gasteiger partial charge in [0.25, 0.3) is 0 Å². The number of hydrogen-bond donors (Lipinski definition) is 0. The molecule has 0 saturated heterocycles. The van der Waals surface area contributed by atoms with Crippen LogP contribution in [0.3, 0.4) is 0 Å². The van der Waals surface area contributed by atoms with Crippen LogP contribution in [0.2, 0.25) is 0 Å². The van der Waals surface area contributed by atoms with E-state index in [2.05, 4.69) is 69.4 Å². The zero-order valence-electron chi connectivity index (χ0n) is 48.9. The highest BCUT2D eigenvalue weighted by Gasteiger charge is 2.19. The summed E-state index contributed by atoms with van der Waals surface area (Å²) in [6.07, 6.45) is 77.5. The van der Waals surface area contributed by atoms with Crippen LogP contribution in [0.1, 0.15) is 342 Å². The molecule has 1 atom stereocenters. The molecule has 0 aromatic carbocycles. The van der Waals surface area contributed by atoms with E-state index in [4.69, 9.17) is 14.2 Å². The summed E-state index contributed by atoms with van der Waals surface area (Å²) in [7, 11) is 0. The molecule has 6 nitrogen and oxygen atoms in total. The van der Waals surface area contributed by atoms with E-state index in [-0.39, 0.29) is 31.1 Å². The molecule has 73 heavy (non-hydrogen) atoms. The quantitative estimate of drug-likeness (QED) is 0.0261. The fourth-order valence-electron chi connectivity index (χ4n) is 9.43. The second-order valence-corrected chi connectivity index (χ2v) is 21.7. The first-order valence-corrected chi connectivity index (χ1v) is 32.1. The highest BCUT2D eigenvalue weighted by Crippen LogP contribution is 2.17. The van der Waals surface area contributed by atoms with Gasteiger partial charge in [0, 0.05) is 19.3 Å². The van der Waals surface area contributed by atoms with Crippen LogP contribution in [0.4, 0.5) is 0 Å². The third-order valence-corrected chi connectivity index (χ3v) is 14.3. The highest BCUT2D eigenvalue weighted by atomic mass is 16.6. The monoisotopic (exact) mass is 1020 g/mol. The number of carbonyl (C=O) groups excluding carboxylic acids is 3. The Hall–Kier alpha value is -2.63. The molecule has 0 heterocycles. The molecule has 0 amide bonds. The summed E-state index contributed by atoms with van der Waals surface area (Å²) in [5.74, 6) is -0.884. The first kappa shape index (κ1) is 70.4. The van der Waals surface area contributed by atoms with Gasteiger partial charge in [-0.05, 0) is 77.0 Å². The van der Waals surface area contributed by atoms with Gasteiger partial charge in [0.05, 0.1) is 0 Å². The third kappa shape index (κ3) is 60.1. The average Bonchev–Trinajstić information content (AvgIpc) is 3.39. The second-order valence-electron chi connectivity index (χ2n) is 21.7. The number of esters is 3. The van der Waals surface area contributed by atoms with E-state index in [1.54, 1.807) is 0 Å². The third-order valence-electron chi connectivity index (χ3n) is 14.3. The molecule has 6 heteroatoms. The molecule has 0 saturated carbocycles. The smallest absolute Gasteiger partial charge is 0.306 e. The van der Waals surface area contributed by atoms with Crippen LogP contribution in [-0.2, 0) is 28.6 Å². The van der Waals surface area contributed by atoms with Crippen LogP contribution in [-0.4, -0.2) is 37.2 Å². The van der Waals surface area contributed by atoms with Gasteiger partial charge in [0.1, 0.15) is 13.2 Å². The molecule has 426 valence electrons. The number of rotatable bonds is 59. The maximum Gasteiger partial charge on any atom is 0.306 e. The average molecular weight is 1020 g/mol. The maximum atomic E-state index is 12.8. The van der Waals surface area contributed by atoms with Crippen LogP contribution >= 0.6 is 0 Å². The van der Waals surface area contributed by atoms with Crippen molar-refractivity contribution < 1.29 is 28.6 Å². The molecular weight excluding hydrogens is 901 g/mol. The largest absolute Gasteiger partial charge is 0.462 e. The molecular formula is C67H122O6. The Balaban J connectivity index is 3.88. The minimum absolute atomic E-state index is 0.0749. The minimum Gasteiger partial charge on any atom is -0.462 e. The molecule has 0 fully saturated rings. The highest BCUT2D eigenvalue weighted by molar-refractivity contribution is 5.71. The van der Waals surface area contributed by atoms with Crippen molar-refractivity contribution in [2.24, 2.45) is 0 Å². The normalized spacial score (nSPS) is 12.3. The lowest BCUT2D eigenvalue weighted by molar-refractivity contribution is -0.167. The molecule has 0 aliphatic carbocycles. The van der Waals surface area contributed by atoms with Crippen molar-refractivity contribution in [2.45, 2.75) is 348 Å². The van der Waals surface area contributed by atoms with Crippen molar-refractivity contribution in [3.63, 3.8) is 0 Å². The summed E-state index contributed by atoms with van der Waals surface area (Å²) in [6, 6.07) is 0. The number of ether oxygens (including phenoxy) is 3. The van der Waals surface area contributed by atoms with Gasteiger partial charge < -0.3 is 14.2 Å². The molecule has 0 rings (SSSR count). The minimum atomic E-state index is -0.774. The zero-order valence-corrected chi connectivity index (χ0v) is 48.9. The van der Waals surface area contributed by atoms with Gasteiger partial charge >= 0.3 is 17.9 Å². The van der Waals surface area contributed by atoms with Gasteiger partial charge in [-0.1, -0.05) is 294 Å². The summed E-state index contributed by atoms with van der Waals surface area (Å²) in [4.78, 5) is 37.9. The Morgan fingerprint density at radius 3 is 0.795 bits per heavy atom. The fourth-order valence-corrected chi connectivity index (χ4v) is 9.43. The summed E-state index contributed by atoms with van der Waals surface area (Å²) in [5.41, 5.74) is 0. The van der Waals surface area contributed by atoms with Gasteiger partial charge in [-0.15, -0.1) is 0 Å². The number of allylic oxidation sites excluding steroid dienone is 8. The van der Waals surface area contributed by atoms with E-state index < -0.39 is 6.10 Å². The lowest BCUT2D eigenvalue weighted by Gasteiger charge is -2.18. The van der Waals surface area contributed by atoms with Crippen molar-refractivity contribution >= 4 is 17.9 Å². The van der Waals surface area contributed by atoms with E-state index in [9.17, 15) is 14.4 Å². The lowest BCUT2D eigenvalue weighted by Crippen LogP contribution is -2.30. The van der Waals surface area contributed by atoms with E-state index in [1.807, 2.05) is 0 Å². The molecule has 0 aliphatic heterocycles. The summed E-state index contributed by atoms with van der Waals surface area (Å²) >= 11 is 0. The van der Waals surface area contributed by atoms with Gasteiger partial charge in [-0.3, -0.25) is 14.4 Å². The molecule has 0 radical (unpaired) electrons. The van der Waals surface area contributed by atoms with Crippen LogP contribution in [0.5, 0.6) is 0 Å². The van der Waals surface area contributed by atoms with E-state index in [1.165, 1.54) is 212 Å². The molecule has 0 aromatic heterocycles. The number of hydrogen-bond acceptors (Lipinski definition) is 6. The van der Waals surface area contributed by atoms with Crippen LogP contribution in [0, 0.1) is 0 Å². The van der Waals surface area contributed by atoms with Crippen LogP contribution in [0.25, 0.3) is 0 Å². The van der Waals surface area contributed by atoms with Gasteiger partial charge in [-0.25, -0.2) is 0 Å². The Morgan fingerprint density at radius 2 is 0.507 bits per heavy atom. The van der Waals surface area contributed by atoms with Gasteiger partial charge in [-0.2, -0.15) is 0 Å². The van der Waals surface area contributed by atoms with E-state index >= 15 is 0 Å². The van der Waals surface area contributed by atoms with Crippen molar-refractivity contribution in [3.05, 3.63) is 48.6 Å². The predicted octanol–water partition coefficient (Wildman–Crippen LogP) is 21.8. The molecule has 0 aromatic rings. The molecule has 1 unspecified atom stereocenters. The van der Waals surface area contributed by atoms with Crippen LogP contribution < -0.4 is 0 Å². The first-order valence-electron chi connectivity index (χ1n) is 32.1. The molecule has 0 bridgehead atoms. The number of carbonyl (C=O) groups is 3. The Kier molecular flexibility index (Phi) is 59.7. The summed E-state index contributed by atoms with van der Waals surface area (Å²) in [6.45, 7) is 6.55. The molecule has 0 N–H and O–H groups in total. The molecule has 0 spiro atoms. The molecule has 0 aliphatic rings. The van der Waals surface area contributed by atoms with Gasteiger partial charge in [0.2, 0.25) is 0 Å². The van der Waals surface area contributed by atoms with Gasteiger partial charge in [0.15, 0.2) is 6.10 Å². The topological polar surface area (TPSA) is 78.9 Å². The standard InChI is InChI=1S/C67H122O6/c1-4-7-10-13-16-18-20-22-24-25-26-27-28-29-30-31-32-33-34-35-36-37-38-39-40-41-42-43-44-46-47-49-51-54-57-60-66(69)72-63-64(62-71-65(68)59-56-53-15-12-9-6-3)73-67(70)61-58-55-52-50-48-45-23-21-19-17-14-11-8-5-2/h14,17,20-23,25-26,64H,4-13,15-16,18-19,24,27-63H2,1-3H3/b17-14-,22-20-,23-21-,26-25-. The second kappa shape index (κ2) is 61.9. The lowest BCUT2D eigenvalue weighted by atomic mass is 10.0.